The summed E-state index contributed by atoms with van der Waals surface area (Å²) in [5.41, 5.74) is -1.51. The predicted molar refractivity (Wildman–Crippen MR) is 85.8 cm³/mol. The molecule has 1 amide bonds. The molecule has 128 valence electrons. The number of halogens is 4. The van der Waals surface area contributed by atoms with Crippen LogP contribution in [0, 0.1) is 0 Å². The third-order valence-electron chi connectivity index (χ3n) is 3.25. The molecule has 3 rings (SSSR count). The average molecular weight is 367 g/mol. The van der Waals surface area contributed by atoms with Crippen LogP contribution >= 0.6 is 11.6 Å². The molecule has 0 bridgehead atoms. The lowest BCUT2D eigenvalue weighted by Crippen LogP contribution is -2.21. The lowest BCUT2D eigenvalue weighted by atomic mass is 10.2. The largest absolute Gasteiger partial charge is 0.434 e. The predicted octanol–water partition coefficient (Wildman–Crippen LogP) is 4.19. The number of anilines is 1. The summed E-state index contributed by atoms with van der Waals surface area (Å²) in [5, 5.41) is 6.05. The van der Waals surface area contributed by atoms with Gasteiger partial charge in [-0.15, -0.1) is 0 Å². The number of para-hydroxylation sites is 1. The fraction of sp³-hybridized carbons (Fsp3) is 0.0625. The monoisotopic (exact) mass is 366 g/mol. The SMILES string of the molecule is O=C(Nc1ccccc1)c1cnn(-c2ncccc2Cl)c1C(F)(F)F. The summed E-state index contributed by atoms with van der Waals surface area (Å²) >= 11 is 5.91. The lowest BCUT2D eigenvalue weighted by molar-refractivity contribution is -0.143. The Kier molecular flexibility index (Phi) is 4.45. The molecule has 3 aromatic rings. The second-order valence-corrected chi connectivity index (χ2v) is 5.35. The van der Waals surface area contributed by atoms with Crippen molar-refractivity contribution in [1.82, 2.24) is 14.8 Å². The fourth-order valence-corrected chi connectivity index (χ4v) is 2.40. The molecular formula is C16H10ClF3N4O. The number of rotatable bonds is 3. The summed E-state index contributed by atoms with van der Waals surface area (Å²) in [7, 11) is 0. The molecular weight excluding hydrogens is 357 g/mol. The molecule has 1 aromatic carbocycles. The van der Waals surface area contributed by atoms with Crippen molar-refractivity contribution in [3.8, 4) is 5.82 Å². The van der Waals surface area contributed by atoms with Crippen molar-refractivity contribution in [2.45, 2.75) is 6.18 Å². The van der Waals surface area contributed by atoms with E-state index < -0.39 is 23.3 Å². The molecule has 2 heterocycles. The highest BCUT2D eigenvalue weighted by Crippen LogP contribution is 2.34. The third-order valence-corrected chi connectivity index (χ3v) is 3.55. The van der Waals surface area contributed by atoms with E-state index in [1.165, 1.54) is 18.3 Å². The standard InChI is InChI=1S/C16H10ClF3N4O/c17-12-7-4-8-21-14(12)24-13(16(18,19)20)11(9-22-24)15(25)23-10-5-2-1-3-6-10/h1-9H,(H,23,25). The van der Waals surface area contributed by atoms with Crippen LogP contribution in [0.5, 0.6) is 0 Å². The summed E-state index contributed by atoms with van der Waals surface area (Å²) in [6.45, 7) is 0. The molecule has 0 fully saturated rings. The summed E-state index contributed by atoms with van der Waals surface area (Å²) in [6.07, 6.45) is -2.71. The van der Waals surface area contributed by atoms with Crippen molar-refractivity contribution in [3.05, 3.63) is 71.1 Å². The Bertz CT molecular complexity index is 909. The van der Waals surface area contributed by atoms with Gasteiger partial charge in [0.25, 0.3) is 5.91 Å². The second kappa shape index (κ2) is 6.56. The van der Waals surface area contributed by atoms with Gasteiger partial charge in [-0.25, -0.2) is 9.67 Å². The quantitative estimate of drug-likeness (QED) is 0.756. The fourth-order valence-electron chi connectivity index (χ4n) is 2.20. The van der Waals surface area contributed by atoms with E-state index in [9.17, 15) is 18.0 Å². The van der Waals surface area contributed by atoms with Crippen LogP contribution in [0.4, 0.5) is 18.9 Å². The highest BCUT2D eigenvalue weighted by atomic mass is 35.5. The average Bonchev–Trinajstić information content (AvgIpc) is 3.01. The van der Waals surface area contributed by atoms with Crippen LogP contribution in [0.2, 0.25) is 5.02 Å². The van der Waals surface area contributed by atoms with Crippen molar-refractivity contribution >= 4 is 23.2 Å². The number of carbonyl (C=O) groups is 1. The minimum Gasteiger partial charge on any atom is -0.322 e. The molecule has 0 aliphatic carbocycles. The number of hydrogen-bond acceptors (Lipinski definition) is 3. The maximum absolute atomic E-state index is 13.5. The molecule has 0 atom stereocenters. The Morgan fingerprint density at radius 3 is 2.48 bits per heavy atom. The van der Waals surface area contributed by atoms with E-state index in [4.69, 9.17) is 11.6 Å². The molecule has 0 radical (unpaired) electrons. The zero-order valence-electron chi connectivity index (χ0n) is 12.5. The van der Waals surface area contributed by atoms with Crippen LogP contribution in [-0.2, 0) is 6.18 Å². The van der Waals surface area contributed by atoms with E-state index in [2.05, 4.69) is 15.4 Å². The van der Waals surface area contributed by atoms with E-state index in [-0.39, 0.29) is 10.8 Å². The Labute approximate surface area is 145 Å². The van der Waals surface area contributed by atoms with Gasteiger partial charge in [0.05, 0.1) is 16.8 Å². The van der Waals surface area contributed by atoms with Crippen LogP contribution in [0.15, 0.2) is 54.9 Å². The first-order valence-electron chi connectivity index (χ1n) is 7.00. The normalized spacial score (nSPS) is 11.4. The topological polar surface area (TPSA) is 59.8 Å². The number of hydrogen-bond donors (Lipinski definition) is 1. The summed E-state index contributed by atoms with van der Waals surface area (Å²) in [4.78, 5) is 16.1. The van der Waals surface area contributed by atoms with E-state index in [0.717, 1.165) is 6.20 Å². The van der Waals surface area contributed by atoms with E-state index in [1.54, 1.807) is 30.3 Å². The maximum Gasteiger partial charge on any atom is 0.434 e. The number of nitrogens with one attached hydrogen (secondary N) is 1. The lowest BCUT2D eigenvalue weighted by Gasteiger charge is -2.13. The Morgan fingerprint density at radius 1 is 1.12 bits per heavy atom. The van der Waals surface area contributed by atoms with Crippen molar-refractivity contribution in [2.75, 3.05) is 5.32 Å². The third kappa shape index (κ3) is 3.48. The van der Waals surface area contributed by atoms with E-state index in [1.807, 2.05) is 0 Å². The summed E-state index contributed by atoms with van der Waals surface area (Å²) < 4.78 is 41.2. The number of alkyl halides is 3. The van der Waals surface area contributed by atoms with E-state index in [0.29, 0.717) is 10.4 Å². The van der Waals surface area contributed by atoms with Gasteiger partial charge in [-0.05, 0) is 24.3 Å². The Morgan fingerprint density at radius 2 is 1.84 bits per heavy atom. The molecule has 5 nitrogen and oxygen atoms in total. The first-order chi connectivity index (χ1) is 11.9. The number of nitrogens with zero attached hydrogens (tertiary/aromatic N) is 3. The molecule has 0 saturated carbocycles. The molecule has 0 aliphatic rings. The molecule has 0 unspecified atom stereocenters. The zero-order valence-corrected chi connectivity index (χ0v) is 13.2. The Balaban J connectivity index is 2.06. The highest BCUT2D eigenvalue weighted by Gasteiger charge is 2.41. The second-order valence-electron chi connectivity index (χ2n) is 4.95. The number of pyridine rings is 1. The molecule has 2 aromatic heterocycles. The first kappa shape index (κ1) is 17.0. The molecule has 9 heteroatoms. The highest BCUT2D eigenvalue weighted by molar-refractivity contribution is 6.32. The van der Waals surface area contributed by atoms with Crippen LogP contribution in [0.3, 0.4) is 0 Å². The molecule has 25 heavy (non-hydrogen) atoms. The van der Waals surface area contributed by atoms with E-state index >= 15 is 0 Å². The Hall–Kier alpha value is -2.87. The summed E-state index contributed by atoms with van der Waals surface area (Å²) in [6, 6.07) is 11.0. The van der Waals surface area contributed by atoms with Gasteiger partial charge in [-0.2, -0.15) is 18.3 Å². The smallest absolute Gasteiger partial charge is 0.322 e. The van der Waals surface area contributed by atoms with Gasteiger partial charge >= 0.3 is 6.18 Å². The maximum atomic E-state index is 13.5. The number of carbonyl (C=O) groups excluding carboxylic acids is 1. The van der Waals surface area contributed by atoms with Gasteiger partial charge < -0.3 is 5.32 Å². The van der Waals surface area contributed by atoms with Crippen molar-refractivity contribution in [1.29, 1.82) is 0 Å². The van der Waals surface area contributed by atoms with Crippen LogP contribution in [-0.4, -0.2) is 20.7 Å². The number of benzene rings is 1. The van der Waals surface area contributed by atoms with Crippen molar-refractivity contribution < 1.29 is 18.0 Å². The van der Waals surface area contributed by atoms with Gasteiger partial charge in [0.1, 0.15) is 0 Å². The van der Waals surface area contributed by atoms with Crippen LogP contribution in [0.1, 0.15) is 16.1 Å². The summed E-state index contributed by atoms with van der Waals surface area (Å²) in [5.74, 6) is -1.15. The molecule has 1 N–H and O–H groups in total. The van der Waals surface area contributed by atoms with Gasteiger partial charge in [-0.1, -0.05) is 29.8 Å². The molecule has 0 saturated heterocycles. The number of aromatic nitrogens is 3. The molecule has 0 aliphatic heterocycles. The van der Waals surface area contributed by atoms with Gasteiger partial charge in [0.2, 0.25) is 0 Å². The zero-order chi connectivity index (χ0) is 18.0. The van der Waals surface area contributed by atoms with Gasteiger partial charge in [0, 0.05) is 11.9 Å². The van der Waals surface area contributed by atoms with Gasteiger partial charge in [0.15, 0.2) is 11.5 Å². The number of amides is 1. The minimum atomic E-state index is -4.83. The van der Waals surface area contributed by atoms with Crippen LogP contribution < -0.4 is 5.32 Å². The van der Waals surface area contributed by atoms with Crippen LogP contribution in [0.25, 0.3) is 5.82 Å². The van der Waals surface area contributed by atoms with Crippen molar-refractivity contribution in [2.24, 2.45) is 0 Å². The van der Waals surface area contributed by atoms with Gasteiger partial charge in [-0.3, -0.25) is 4.79 Å². The minimum absolute atomic E-state index is 0.0221. The molecule has 0 spiro atoms. The first-order valence-corrected chi connectivity index (χ1v) is 7.38. The van der Waals surface area contributed by atoms with Crippen molar-refractivity contribution in [3.63, 3.8) is 0 Å².